The molecular weight excluding hydrogens is 358 g/mol. The highest BCUT2D eigenvalue weighted by atomic mass is 16.5. The van der Waals surface area contributed by atoms with E-state index >= 15 is 0 Å². The zero-order chi connectivity index (χ0) is 20.3. The molecule has 0 saturated carbocycles. The van der Waals surface area contributed by atoms with Crippen LogP contribution in [-0.2, 0) is 0 Å². The monoisotopic (exact) mass is 381 g/mol. The summed E-state index contributed by atoms with van der Waals surface area (Å²) in [5.41, 5.74) is 7.43. The average molecular weight is 381 g/mol. The fourth-order valence-electron chi connectivity index (χ4n) is 3.00. The Kier molecular flexibility index (Phi) is 5.60. The lowest BCUT2D eigenvalue weighted by atomic mass is 10.2. The molecule has 3 aromatic rings. The molecule has 0 bridgehead atoms. The molecule has 1 atom stereocenters. The third kappa shape index (κ3) is 3.67. The minimum atomic E-state index is -0.483. The lowest BCUT2D eigenvalue weighted by molar-refractivity contribution is 0.252. The number of urea groups is 1. The van der Waals surface area contributed by atoms with E-state index < -0.39 is 6.04 Å². The van der Waals surface area contributed by atoms with Gasteiger partial charge in [0.1, 0.15) is 17.0 Å². The molecule has 4 N–H and O–H groups in total. The van der Waals surface area contributed by atoms with Crippen LogP contribution in [0.25, 0.3) is 16.6 Å². The fraction of sp³-hybridized carbons (Fsp3) is 0.250. The predicted molar refractivity (Wildman–Crippen MR) is 109 cm³/mol. The van der Waals surface area contributed by atoms with Crippen LogP contribution in [0.15, 0.2) is 47.3 Å². The molecule has 8 nitrogen and oxygen atoms in total. The van der Waals surface area contributed by atoms with Crippen molar-refractivity contribution in [2.75, 3.05) is 19.0 Å². The van der Waals surface area contributed by atoms with Gasteiger partial charge in [-0.1, -0.05) is 12.1 Å². The lowest BCUT2D eigenvalue weighted by Gasteiger charge is -2.17. The van der Waals surface area contributed by atoms with Gasteiger partial charge in [0.05, 0.1) is 24.4 Å². The first-order valence-electron chi connectivity index (χ1n) is 8.96. The summed E-state index contributed by atoms with van der Waals surface area (Å²) in [6, 6.07) is 11.4. The lowest BCUT2D eigenvalue weighted by Crippen LogP contribution is -2.29. The number of nitrogens with one attached hydrogen (secondary N) is 2. The third-order valence-corrected chi connectivity index (χ3v) is 4.21. The molecule has 0 saturated heterocycles. The number of hydrogen-bond acceptors (Lipinski definition) is 5. The van der Waals surface area contributed by atoms with Crippen molar-refractivity contribution in [3.63, 3.8) is 0 Å². The summed E-state index contributed by atoms with van der Waals surface area (Å²) in [7, 11) is 1.51. The minimum absolute atomic E-state index is 0.287. The molecule has 0 spiro atoms. The van der Waals surface area contributed by atoms with E-state index in [1.54, 1.807) is 49.4 Å². The maximum atomic E-state index is 13.4. The van der Waals surface area contributed by atoms with Gasteiger partial charge in [0.25, 0.3) is 5.56 Å². The summed E-state index contributed by atoms with van der Waals surface area (Å²) in [5.74, 6) is 0.859. The van der Waals surface area contributed by atoms with E-state index in [9.17, 15) is 9.59 Å². The smallest absolute Gasteiger partial charge is 0.319 e. The van der Waals surface area contributed by atoms with Crippen LogP contribution < -0.4 is 26.7 Å². The van der Waals surface area contributed by atoms with Gasteiger partial charge in [-0.3, -0.25) is 9.36 Å². The molecule has 0 aliphatic heterocycles. The van der Waals surface area contributed by atoms with Crippen molar-refractivity contribution in [1.29, 1.82) is 0 Å². The fourth-order valence-corrected chi connectivity index (χ4v) is 3.00. The van der Waals surface area contributed by atoms with Gasteiger partial charge < -0.3 is 21.1 Å². The first-order chi connectivity index (χ1) is 13.5. The van der Waals surface area contributed by atoms with Gasteiger partial charge in [0.15, 0.2) is 0 Å². The summed E-state index contributed by atoms with van der Waals surface area (Å²) in [6.45, 7) is 4.11. The second-order valence-electron chi connectivity index (χ2n) is 6.29. The van der Waals surface area contributed by atoms with Crippen LogP contribution in [0.2, 0.25) is 0 Å². The Morgan fingerprint density at radius 3 is 2.71 bits per heavy atom. The Morgan fingerprint density at radius 2 is 2.04 bits per heavy atom. The second-order valence-corrected chi connectivity index (χ2v) is 6.29. The molecule has 0 aliphatic rings. The highest BCUT2D eigenvalue weighted by Crippen LogP contribution is 2.24. The summed E-state index contributed by atoms with van der Waals surface area (Å²) in [5, 5.41) is 5.78. The van der Waals surface area contributed by atoms with Gasteiger partial charge in [-0.25, -0.2) is 9.78 Å². The number of carbonyl (C=O) groups is 1. The molecule has 2 aromatic carbocycles. The number of fused-ring (bicyclic) bond motifs is 1. The van der Waals surface area contributed by atoms with Gasteiger partial charge in [-0.2, -0.15) is 0 Å². The molecule has 1 heterocycles. The van der Waals surface area contributed by atoms with E-state index in [-0.39, 0.29) is 11.6 Å². The second kappa shape index (κ2) is 8.10. The Morgan fingerprint density at radius 1 is 1.29 bits per heavy atom. The molecule has 146 valence electrons. The molecule has 0 radical (unpaired) electrons. The number of rotatable bonds is 5. The number of anilines is 1. The zero-order valence-corrected chi connectivity index (χ0v) is 16.0. The van der Waals surface area contributed by atoms with Gasteiger partial charge in [0.2, 0.25) is 0 Å². The highest BCUT2D eigenvalue weighted by molar-refractivity contribution is 5.89. The average Bonchev–Trinajstić information content (AvgIpc) is 2.67. The van der Waals surface area contributed by atoms with Crippen LogP contribution in [0.1, 0.15) is 25.7 Å². The molecule has 8 heteroatoms. The quantitative estimate of drug-likeness (QED) is 0.629. The highest BCUT2D eigenvalue weighted by Gasteiger charge is 2.18. The maximum Gasteiger partial charge on any atom is 0.319 e. The topological polar surface area (TPSA) is 111 Å². The Balaban J connectivity index is 2.22. The molecule has 2 amide bonds. The normalized spacial score (nSPS) is 11.9. The zero-order valence-electron chi connectivity index (χ0n) is 16.0. The van der Waals surface area contributed by atoms with E-state index in [2.05, 4.69) is 15.6 Å². The Bertz CT molecular complexity index is 1080. The van der Waals surface area contributed by atoms with Crippen molar-refractivity contribution < 1.29 is 9.53 Å². The summed E-state index contributed by atoms with van der Waals surface area (Å²) in [6.07, 6.45) is 0. The standard InChI is InChI=1S/C20H23N5O3/c1-4-22-20(27)23-13-7-5-8-14(11-13)25-18(12(2)21)24-15-9-6-10-16(28-3)17(15)19(25)26/h5-12H,4,21H2,1-3H3,(H2,22,23,27). The molecular formula is C20H23N5O3. The minimum Gasteiger partial charge on any atom is -0.496 e. The van der Waals surface area contributed by atoms with Crippen molar-refractivity contribution in [2.24, 2.45) is 5.73 Å². The van der Waals surface area contributed by atoms with E-state index in [1.165, 1.54) is 11.7 Å². The number of carbonyl (C=O) groups excluding carboxylic acids is 1. The number of methoxy groups -OCH3 is 1. The summed E-state index contributed by atoms with van der Waals surface area (Å²) < 4.78 is 6.81. The largest absolute Gasteiger partial charge is 0.496 e. The van der Waals surface area contributed by atoms with E-state index in [0.29, 0.717) is 40.4 Å². The van der Waals surface area contributed by atoms with E-state index in [1.807, 2.05) is 6.92 Å². The van der Waals surface area contributed by atoms with Crippen LogP contribution in [0.3, 0.4) is 0 Å². The van der Waals surface area contributed by atoms with Crippen LogP contribution in [0.5, 0.6) is 5.75 Å². The number of hydrogen-bond donors (Lipinski definition) is 3. The first kappa shape index (κ1) is 19.4. The van der Waals surface area contributed by atoms with Crippen LogP contribution in [-0.4, -0.2) is 29.2 Å². The number of nitrogens with two attached hydrogens (primary N) is 1. The van der Waals surface area contributed by atoms with Crippen molar-refractivity contribution in [3.8, 4) is 11.4 Å². The SMILES string of the molecule is CCNC(=O)Nc1cccc(-n2c(C(C)N)nc3cccc(OC)c3c2=O)c1. The van der Waals surface area contributed by atoms with Gasteiger partial charge in [0, 0.05) is 12.2 Å². The molecule has 0 fully saturated rings. The third-order valence-electron chi connectivity index (χ3n) is 4.21. The van der Waals surface area contributed by atoms with Crippen LogP contribution in [0.4, 0.5) is 10.5 Å². The maximum absolute atomic E-state index is 13.4. The van der Waals surface area contributed by atoms with E-state index in [0.717, 1.165) is 0 Å². The van der Waals surface area contributed by atoms with Gasteiger partial charge in [-0.05, 0) is 44.2 Å². The molecule has 1 unspecified atom stereocenters. The van der Waals surface area contributed by atoms with Crippen molar-refractivity contribution in [2.45, 2.75) is 19.9 Å². The number of aromatic nitrogens is 2. The number of amides is 2. The summed E-state index contributed by atoms with van der Waals surface area (Å²) in [4.78, 5) is 29.8. The van der Waals surface area contributed by atoms with Crippen molar-refractivity contribution >= 4 is 22.6 Å². The van der Waals surface area contributed by atoms with E-state index in [4.69, 9.17) is 10.5 Å². The van der Waals surface area contributed by atoms with Crippen LogP contribution in [0, 0.1) is 0 Å². The molecule has 1 aromatic heterocycles. The number of nitrogens with zero attached hydrogens (tertiary/aromatic N) is 2. The summed E-state index contributed by atoms with van der Waals surface area (Å²) >= 11 is 0. The van der Waals surface area contributed by atoms with Crippen molar-refractivity contribution in [3.05, 3.63) is 58.6 Å². The van der Waals surface area contributed by atoms with Crippen LogP contribution >= 0.6 is 0 Å². The van der Waals surface area contributed by atoms with Gasteiger partial charge in [-0.15, -0.1) is 0 Å². The Labute approximate surface area is 162 Å². The predicted octanol–water partition coefficient (Wildman–Crippen LogP) is 2.56. The van der Waals surface area contributed by atoms with Crippen molar-refractivity contribution in [1.82, 2.24) is 14.9 Å². The Hall–Kier alpha value is -3.39. The molecule has 0 aliphatic carbocycles. The first-order valence-corrected chi connectivity index (χ1v) is 8.96. The van der Waals surface area contributed by atoms with Gasteiger partial charge >= 0.3 is 6.03 Å². The number of benzene rings is 2. The molecule has 3 rings (SSSR count). The molecule has 28 heavy (non-hydrogen) atoms. The number of ether oxygens (including phenoxy) is 1.